The summed E-state index contributed by atoms with van der Waals surface area (Å²) in [6.07, 6.45) is 3.79. The lowest BCUT2D eigenvalue weighted by Crippen LogP contribution is -2.33. The quantitative estimate of drug-likeness (QED) is 0.643. The van der Waals surface area contributed by atoms with Gasteiger partial charge in [-0.15, -0.1) is 0 Å². The van der Waals surface area contributed by atoms with Gasteiger partial charge < -0.3 is 10.4 Å². The first-order valence-electron chi connectivity index (χ1n) is 5.54. The highest BCUT2D eigenvalue weighted by molar-refractivity contribution is 14.1. The number of carbonyl (C=O) groups excluding carboxylic acids is 1. The fourth-order valence-corrected chi connectivity index (χ4v) is 2.20. The zero-order valence-electron chi connectivity index (χ0n) is 9.47. The molecule has 0 spiro atoms. The Balaban J connectivity index is 1.95. The molecule has 1 amide bonds. The fourth-order valence-electron chi connectivity index (χ4n) is 1.84. The third-order valence-electron chi connectivity index (χ3n) is 2.82. The summed E-state index contributed by atoms with van der Waals surface area (Å²) in [5, 5.41) is 11.7. The van der Waals surface area contributed by atoms with Crippen LogP contribution in [0.1, 0.15) is 16.8 Å². The van der Waals surface area contributed by atoms with Crippen LogP contribution in [0.15, 0.2) is 36.4 Å². The van der Waals surface area contributed by atoms with Gasteiger partial charge in [-0.25, -0.2) is 0 Å². The molecule has 1 aromatic carbocycles. The van der Waals surface area contributed by atoms with Crippen molar-refractivity contribution >= 4 is 34.5 Å². The van der Waals surface area contributed by atoms with E-state index in [1.807, 2.05) is 12.1 Å². The highest BCUT2D eigenvalue weighted by Crippen LogP contribution is 2.18. The molecule has 4 nitrogen and oxygen atoms in total. The maximum Gasteiger partial charge on any atom is 0.310 e. The Morgan fingerprint density at radius 2 is 1.89 bits per heavy atom. The van der Waals surface area contributed by atoms with E-state index in [0.717, 1.165) is 3.57 Å². The molecule has 0 radical (unpaired) electrons. The summed E-state index contributed by atoms with van der Waals surface area (Å²) in [5.41, 5.74) is 0.586. The van der Waals surface area contributed by atoms with E-state index < -0.39 is 11.9 Å². The van der Waals surface area contributed by atoms with E-state index in [1.54, 1.807) is 24.3 Å². The van der Waals surface area contributed by atoms with Gasteiger partial charge in [0, 0.05) is 15.2 Å². The molecule has 1 aliphatic carbocycles. The fraction of sp³-hybridized carbons (Fsp3) is 0.231. The number of hydrogen-bond donors (Lipinski definition) is 2. The molecule has 0 heterocycles. The van der Waals surface area contributed by atoms with Crippen LogP contribution in [0, 0.1) is 9.49 Å². The normalized spacial score (nSPS) is 21.8. The number of benzene rings is 1. The minimum atomic E-state index is -0.850. The second-order valence-electron chi connectivity index (χ2n) is 4.15. The summed E-state index contributed by atoms with van der Waals surface area (Å²) in [6.45, 7) is 0. The molecule has 0 aromatic heterocycles. The lowest BCUT2D eigenvalue weighted by molar-refractivity contribution is -0.140. The van der Waals surface area contributed by atoms with Crippen molar-refractivity contribution in [1.29, 1.82) is 0 Å². The first-order chi connectivity index (χ1) is 8.56. The minimum absolute atomic E-state index is 0.174. The molecule has 0 aliphatic heterocycles. The number of amides is 1. The molecule has 0 fully saturated rings. The predicted molar refractivity (Wildman–Crippen MR) is 75.3 cm³/mol. The van der Waals surface area contributed by atoms with Crippen molar-refractivity contribution in [2.45, 2.75) is 12.5 Å². The summed E-state index contributed by atoms with van der Waals surface area (Å²) < 4.78 is 1.07. The molecule has 2 rings (SSSR count). The van der Waals surface area contributed by atoms with Crippen molar-refractivity contribution in [3.63, 3.8) is 0 Å². The minimum Gasteiger partial charge on any atom is -0.481 e. The van der Waals surface area contributed by atoms with Gasteiger partial charge >= 0.3 is 5.97 Å². The average molecular weight is 357 g/mol. The second-order valence-corrected chi connectivity index (χ2v) is 5.40. The molecule has 18 heavy (non-hydrogen) atoms. The largest absolute Gasteiger partial charge is 0.481 e. The SMILES string of the molecule is O=C(NC1C=CC(C(=O)O)C1)c1ccc(I)cc1. The van der Waals surface area contributed by atoms with E-state index in [-0.39, 0.29) is 11.9 Å². The van der Waals surface area contributed by atoms with Gasteiger partial charge in [-0.3, -0.25) is 9.59 Å². The smallest absolute Gasteiger partial charge is 0.310 e. The van der Waals surface area contributed by atoms with E-state index in [2.05, 4.69) is 27.9 Å². The van der Waals surface area contributed by atoms with Gasteiger partial charge in [0.25, 0.3) is 5.91 Å². The number of rotatable bonds is 3. The molecule has 2 unspecified atom stereocenters. The van der Waals surface area contributed by atoms with Crippen LogP contribution >= 0.6 is 22.6 Å². The molecule has 2 N–H and O–H groups in total. The van der Waals surface area contributed by atoms with Crippen LogP contribution < -0.4 is 5.32 Å². The summed E-state index contributed by atoms with van der Waals surface area (Å²) in [7, 11) is 0. The van der Waals surface area contributed by atoms with Crippen molar-refractivity contribution in [1.82, 2.24) is 5.32 Å². The lowest BCUT2D eigenvalue weighted by atomic mass is 10.1. The highest BCUT2D eigenvalue weighted by atomic mass is 127. The van der Waals surface area contributed by atoms with Crippen molar-refractivity contribution in [3.8, 4) is 0 Å². The number of carboxylic acid groups (broad SMARTS) is 1. The highest BCUT2D eigenvalue weighted by Gasteiger charge is 2.25. The maximum atomic E-state index is 11.9. The molecular weight excluding hydrogens is 345 g/mol. The first-order valence-corrected chi connectivity index (χ1v) is 6.61. The molecular formula is C13H12INO3. The maximum absolute atomic E-state index is 11.9. The van der Waals surface area contributed by atoms with Gasteiger partial charge in [-0.1, -0.05) is 12.2 Å². The molecule has 94 valence electrons. The van der Waals surface area contributed by atoms with Gasteiger partial charge in [0.1, 0.15) is 0 Å². The Kier molecular flexibility index (Phi) is 4.00. The number of hydrogen-bond acceptors (Lipinski definition) is 2. The van der Waals surface area contributed by atoms with E-state index in [9.17, 15) is 9.59 Å². The zero-order valence-corrected chi connectivity index (χ0v) is 11.6. The second kappa shape index (κ2) is 5.51. The van der Waals surface area contributed by atoms with Gasteiger partial charge in [0.15, 0.2) is 0 Å². The number of halogens is 1. The Morgan fingerprint density at radius 1 is 1.22 bits per heavy atom. The van der Waals surface area contributed by atoms with Crippen LogP contribution in [0.25, 0.3) is 0 Å². The molecule has 1 aromatic rings. The van der Waals surface area contributed by atoms with E-state index in [4.69, 9.17) is 5.11 Å². The lowest BCUT2D eigenvalue weighted by Gasteiger charge is -2.12. The van der Waals surface area contributed by atoms with Crippen molar-refractivity contribution in [2.24, 2.45) is 5.92 Å². The van der Waals surface area contributed by atoms with Gasteiger partial charge in [0.2, 0.25) is 0 Å². The van der Waals surface area contributed by atoms with Gasteiger partial charge in [0.05, 0.1) is 5.92 Å². The topological polar surface area (TPSA) is 66.4 Å². The van der Waals surface area contributed by atoms with Crippen LogP contribution in [0.3, 0.4) is 0 Å². The number of carboxylic acids is 1. The first kappa shape index (κ1) is 13.1. The van der Waals surface area contributed by atoms with Crippen LogP contribution in [-0.4, -0.2) is 23.0 Å². The van der Waals surface area contributed by atoms with E-state index in [0.29, 0.717) is 12.0 Å². The van der Waals surface area contributed by atoms with Crippen molar-refractivity contribution in [3.05, 3.63) is 45.6 Å². The van der Waals surface area contributed by atoms with Crippen molar-refractivity contribution in [2.75, 3.05) is 0 Å². The van der Waals surface area contributed by atoms with Gasteiger partial charge in [-0.05, 0) is 53.3 Å². The summed E-state index contributed by atoms with van der Waals surface area (Å²) in [4.78, 5) is 22.7. The summed E-state index contributed by atoms with van der Waals surface area (Å²) in [5.74, 6) is -1.52. The molecule has 0 bridgehead atoms. The zero-order chi connectivity index (χ0) is 13.1. The third-order valence-corrected chi connectivity index (χ3v) is 3.54. The molecule has 0 saturated carbocycles. The molecule has 5 heteroatoms. The standard InChI is InChI=1S/C13H12INO3/c14-10-4-1-8(2-5-10)12(16)15-11-6-3-9(7-11)13(17)18/h1-6,9,11H,7H2,(H,15,16)(H,17,18). The third kappa shape index (κ3) is 3.10. The number of nitrogens with one attached hydrogen (secondary N) is 1. The van der Waals surface area contributed by atoms with Gasteiger partial charge in [-0.2, -0.15) is 0 Å². The predicted octanol–water partition coefficient (Wildman–Crippen LogP) is 2.05. The Labute approximate surface area is 118 Å². The number of aliphatic carboxylic acids is 1. The monoisotopic (exact) mass is 357 g/mol. The summed E-state index contributed by atoms with van der Waals surface area (Å²) in [6, 6.07) is 7.03. The average Bonchev–Trinajstić information content (AvgIpc) is 2.78. The van der Waals surface area contributed by atoms with Crippen LogP contribution in [-0.2, 0) is 4.79 Å². The van der Waals surface area contributed by atoms with Crippen molar-refractivity contribution < 1.29 is 14.7 Å². The summed E-state index contributed by atoms with van der Waals surface area (Å²) >= 11 is 2.17. The molecule has 1 aliphatic rings. The van der Waals surface area contributed by atoms with Crippen LogP contribution in [0.2, 0.25) is 0 Å². The molecule has 2 atom stereocenters. The van der Waals surface area contributed by atoms with E-state index >= 15 is 0 Å². The van der Waals surface area contributed by atoms with Crippen LogP contribution in [0.5, 0.6) is 0 Å². The Morgan fingerprint density at radius 3 is 2.44 bits per heavy atom. The number of carbonyl (C=O) groups is 2. The Hall–Kier alpha value is -1.37. The van der Waals surface area contributed by atoms with E-state index in [1.165, 1.54) is 0 Å². The molecule has 0 saturated heterocycles. The van der Waals surface area contributed by atoms with Crippen LogP contribution in [0.4, 0.5) is 0 Å². The Bertz CT molecular complexity index is 495.